The van der Waals surface area contributed by atoms with Crippen molar-refractivity contribution in [1.82, 2.24) is 5.31 Å². The van der Waals surface area contributed by atoms with E-state index in [1.165, 1.54) is 24.3 Å². The summed E-state index contributed by atoms with van der Waals surface area (Å²) in [6.07, 6.45) is 1.91. The molecule has 0 spiro atoms. The van der Waals surface area contributed by atoms with Crippen molar-refractivity contribution in [3.63, 3.8) is 0 Å². The van der Waals surface area contributed by atoms with Gasteiger partial charge in [0.05, 0.1) is 12.2 Å². The van der Waals surface area contributed by atoms with Gasteiger partial charge in [-0.2, -0.15) is 0 Å². The van der Waals surface area contributed by atoms with Crippen LogP contribution in [0.25, 0.3) is 0 Å². The largest absolute Gasteiger partial charge is 0.462 e. The lowest BCUT2D eigenvalue weighted by Crippen LogP contribution is -2.30. The molecule has 0 saturated heterocycles. The third kappa shape index (κ3) is 7.85. The van der Waals surface area contributed by atoms with Crippen LogP contribution in [0.3, 0.4) is 0 Å². The maximum atomic E-state index is 11.8. The highest BCUT2D eigenvalue weighted by molar-refractivity contribution is 5.89. The Kier molecular flexibility index (Phi) is 5.73. The molecule has 0 atom stereocenters. The minimum absolute atomic E-state index is 0.102. The number of ether oxygens (including phenoxy) is 2. The molecule has 1 rings (SSSR count). The highest BCUT2D eigenvalue weighted by Gasteiger charge is 2.08. The first-order valence-electron chi connectivity index (χ1n) is 9.22. The Morgan fingerprint density at radius 1 is 1.35 bits per heavy atom. The van der Waals surface area contributed by atoms with Gasteiger partial charge in [-0.1, -0.05) is 6.42 Å². The molecule has 0 radical (unpaired) electrons. The zero-order valence-corrected chi connectivity index (χ0v) is 13.0. The van der Waals surface area contributed by atoms with E-state index in [9.17, 15) is 9.59 Å². The summed E-state index contributed by atoms with van der Waals surface area (Å²) in [6, 6.07) is 6.10. The van der Waals surface area contributed by atoms with Gasteiger partial charge in [-0.15, -0.1) is 0 Å². The highest BCUT2D eigenvalue weighted by Crippen LogP contribution is 2.14. The molecule has 4 N–H and O–H groups in total. The number of esters is 2. The Balaban J connectivity index is 2.29. The predicted octanol–water partition coefficient (Wildman–Crippen LogP) is 1.81. The van der Waals surface area contributed by atoms with E-state index in [0.717, 1.165) is 5.31 Å². The van der Waals surface area contributed by atoms with E-state index in [1.54, 1.807) is 6.92 Å². The smallest absolute Gasteiger partial charge is 0.338 e. The van der Waals surface area contributed by atoms with Gasteiger partial charge in [-0.05, 0) is 44.0 Å². The number of benzene rings is 1. The lowest BCUT2D eigenvalue weighted by atomic mass is 10.2. The Bertz CT molecular complexity index is 641. The summed E-state index contributed by atoms with van der Waals surface area (Å²) in [4.78, 5) is 23.4. The number of hydrogen-bond acceptors (Lipinski definition) is 5. The standard InChI is InChI=1S/C16H23N3O4/c1-2-22-15(21)12-7-9-13(10-8-12)23-14(20)6-4-3-5-11-19-16(17)18/h7-10H,2-6,11H2,1H3,(H4,17,18,19)/i/hD4. The van der Waals surface area contributed by atoms with E-state index in [-0.39, 0.29) is 25.3 Å². The molecule has 0 aliphatic carbocycles. The van der Waals surface area contributed by atoms with E-state index in [2.05, 4.69) is 5.40 Å². The SMILES string of the molecule is [2H]N=C(N([2H])[2H])N([2H])CCCCCC(=O)Oc1ccc(C(=O)OCC)cc1. The summed E-state index contributed by atoms with van der Waals surface area (Å²) in [5.74, 6) is -0.900. The molecule has 0 fully saturated rings. The average molecular weight is 325 g/mol. The molecule has 7 nitrogen and oxygen atoms in total. The number of guanidine groups is 1. The number of carbonyl (C=O) groups is 2. The summed E-state index contributed by atoms with van der Waals surface area (Å²) < 4.78 is 38.5. The zero-order valence-electron chi connectivity index (χ0n) is 17.0. The number of carbonyl (C=O) groups excluding carboxylic acids is 2. The predicted molar refractivity (Wildman–Crippen MR) is 86.4 cm³/mol. The third-order valence-electron chi connectivity index (χ3n) is 2.89. The Labute approximate surface area is 141 Å². The second kappa shape index (κ2) is 10.2. The van der Waals surface area contributed by atoms with Crippen LogP contribution in [-0.2, 0) is 9.53 Å². The van der Waals surface area contributed by atoms with Crippen LogP contribution in [0.2, 0.25) is 5.65 Å². The normalized spacial score (nSPS) is 13.2. The van der Waals surface area contributed by atoms with Crippen molar-refractivity contribution in [1.29, 1.82) is 5.40 Å². The lowest BCUT2D eigenvalue weighted by molar-refractivity contribution is -0.134. The molecule has 0 bridgehead atoms. The number of nitrogens with one attached hydrogen (secondary N) is 2. The van der Waals surface area contributed by atoms with Crippen molar-refractivity contribution in [2.75, 3.05) is 13.2 Å². The average Bonchev–Trinajstić information content (AvgIpc) is 2.62. The summed E-state index contributed by atoms with van der Waals surface area (Å²) in [5.41, 5.74) is 0.482. The molecular formula is C16H23N3O4. The number of rotatable bonds is 9. The Morgan fingerprint density at radius 2 is 2.13 bits per heavy atom. The maximum absolute atomic E-state index is 11.8. The van der Waals surface area contributed by atoms with Crippen LogP contribution in [0.4, 0.5) is 0 Å². The fourth-order valence-electron chi connectivity index (χ4n) is 1.79. The molecule has 0 unspecified atom stereocenters. The zero-order chi connectivity index (χ0) is 20.2. The molecule has 7 heteroatoms. The van der Waals surface area contributed by atoms with Crippen LogP contribution in [-0.4, -0.2) is 31.0 Å². The van der Waals surface area contributed by atoms with Crippen molar-refractivity contribution in [2.45, 2.75) is 32.6 Å². The van der Waals surface area contributed by atoms with Gasteiger partial charge in [0.25, 0.3) is 0 Å². The van der Waals surface area contributed by atoms with Crippen molar-refractivity contribution in [3.05, 3.63) is 29.8 Å². The highest BCUT2D eigenvalue weighted by atomic mass is 16.5. The molecule has 1 aromatic rings. The second-order valence-electron chi connectivity index (χ2n) is 4.71. The van der Waals surface area contributed by atoms with Crippen molar-refractivity contribution < 1.29 is 24.7 Å². The molecule has 126 valence electrons. The number of hydrogen-bond donors (Lipinski definition) is 3. The summed E-state index contributed by atoms with van der Waals surface area (Å²) in [7, 11) is 0. The molecule has 0 saturated carbocycles. The van der Waals surface area contributed by atoms with Gasteiger partial charge in [0.15, 0.2) is 11.6 Å². The quantitative estimate of drug-likeness (QED) is 0.210. The fourth-order valence-corrected chi connectivity index (χ4v) is 1.79. The molecule has 0 aliphatic rings. The summed E-state index contributed by atoms with van der Waals surface area (Å²) in [5, 5.41) is 3.73. The second-order valence-corrected chi connectivity index (χ2v) is 4.71. The number of unbranched alkanes of at least 4 members (excludes halogenated alkanes) is 2. The molecule has 1 aromatic carbocycles. The van der Waals surface area contributed by atoms with Gasteiger partial charge in [0.2, 0.25) is 0 Å². The monoisotopic (exact) mass is 325 g/mol. The third-order valence-corrected chi connectivity index (χ3v) is 2.89. The topological polar surface area (TPSA) is 115 Å². The van der Waals surface area contributed by atoms with Gasteiger partial charge in [0.1, 0.15) is 5.75 Å². The molecule has 0 heterocycles. The van der Waals surface area contributed by atoms with Crippen LogP contribution in [0.5, 0.6) is 5.75 Å². The van der Waals surface area contributed by atoms with Crippen molar-refractivity contribution in [2.24, 2.45) is 5.72 Å². The lowest BCUT2D eigenvalue weighted by Gasteiger charge is -2.06. The Morgan fingerprint density at radius 3 is 2.78 bits per heavy atom. The van der Waals surface area contributed by atoms with E-state index in [0.29, 0.717) is 30.6 Å². The first kappa shape index (κ1) is 12.9. The first-order chi connectivity index (χ1) is 12.9. The van der Waals surface area contributed by atoms with Gasteiger partial charge < -0.3 is 20.5 Å². The minimum Gasteiger partial charge on any atom is -0.462 e. The van der Waals surface area contributed by atoms with E-state index >= 15 is 0 Å². The fraction of sp³-hybridized carbons (Fsp3) is 0.438. The molecule has 23 heavy (non-hydrogen) atoms. The van der Waals surface area contributed by atoms with Crippen LogP contribution in [0, 0.1) is 5.40 Å². The van der Waals surface area contributed by atoms with Crippen molar-refractivity contribution in [3.8, 4) is 5.75 Å². The molecule has 0 aliphatic heterocycles. The summed E-state index contributed by atoms with van der Waals surface area (Å²) in [6.45, 7) is 2.20. The first-order valence-corrected chi connectivity index (χ1v) is 7.43. The van der Waals surface area contributed by atoms with Crippen LogP contribution < -0.4 is 15.8 Å². The van der Waals surface area contributed by atoms with Crippen LogP contribution in [0.1, 0.15) is 43.0 Å². The van der Waals surface area contributed by atoms with Crippen LogP contribution in [0.15, 0.2) is 24.3 Å². The van der Waals surface area contributed by atoms with E-state index < -0.39 is 17.9 Å². The Hall–Kier alpha value is -2.57. The van der Waals surface area contributed by atoms with E-state index in [1.807, 2.05) is 0 Å². The van der Waals surface area contributed by atoms with E-state index in [4.69, 9.17) is 15.1 Å². The summed E-state index contributed by atoms with van der Waals surface area (Å²) >= 11 is 0. The van der Waals surface area contributed by atoms with Crippen LogP contribution >= 0.6 is 0 Å². The molecule has 0 aromatic heterocycles. The van der Waals surface area contributed by atoms with Gasteiger partial charge in [-0.3, -0.25) is 10.2 Å². The molecular weight excluding hydrogens is 298 g/mol. The van der Waals surface area contributed by atoms with Gasteiger partial charge in [0, 0.05) is 13.0 Å². The van der Waals surface area contributed by atoms with Crippen molar-refractivity contribution >= 4 is 17.9 Å². The number of nitrogens with two attached hydrogens (primary N) is 1. The minimum atomic E-state index is -0.434. The van der Waals surface area contributed by atoms with Gasteiger partial charge >= 0.3 is 11.9 Å². The van der Waals surface area contributed by atoms with Gasteiger partial charge in [-0.25, -0.2) is 4.79 Å². The molecule has 0 amide bonds. The maximum Gasteiger partial charge on any atom is 0.338 e.